The molecular formula is C10H8N4O3S2. The van der Waals surface area contributed by atoms with Crippen LogP contribution in [0.1, 0.15) is 0 Å². The number of nitrogens with one attached hydrogen (secondary N) is 1. The first-order valence-corrected chi connectivity index (χ1v) is 6.94. The molecule has 0 aliphatic rings. The summed E-state index contributed by atoms with van der Waals surface area (Å²) in [5.74, 6) is -0.0233. The quantitative estimate of drug-likeness (QED) is 0.516. The van der Waals surface area contributed by atoms with Crippen LogP contribution in [0.25, 0.3) is 0 Å². The molecule has 2 aromatic heterocycles. The van der Waals surface area contributed by atoms with Crippen molar-refractivity contribution in [3.63, 3.8) is 0 Å². The Morgan fingerprint density at radius 2 is 2.32 bits per heavy atom. The van der Waals surface area contributed by atoms with Crippen molar-refractivity contribution in [2.75, 3.05) is 11.1 Å². The van der Waals surface area contributed by atoms with Crippen LogP contribution in [0.3, 0.4) is 0 Å². The summed E-state index contributed by atoms with van der Waals surface area (Å²) in [7, 11) is 0. The number of carbonyl (C=O) groups is 1. The molecule has 2 rings (SSSR count). The van der Waals surface area contributed by atoms with E-state index in [0.717, 1.165) is 0 Å². The molecular weight excluding hydrogens is 288 g/mol. The van der Waals surface area contributed by atoms with Gasteiger partial charge in [0.25, 0.3) is 5.69 Å². The lowest BCUT2D eigenvalue weighted by Gasteiger charge is -2.01. The zero-order chi connectivity index (χ0) is 13.7. The first-order valence-electron chi connectivity index (χ1n) is 5.08. The van der Waals surface area contributed by atoms with Gasteiger partial charge in [-0.1, -0.05) is 11.8 Å². The lowest BCUT2D eigenvalue weighted by Crippen LogP contribution is -2.13. The summed E-state index contributed by atoms with van der Waals surface area (Å²) in [6.07, 6.45) is 2.77. The van der Waals surface area contributed by atoms with E-state index in [4.69, 9.17) is 0 Å². The van der Waals surface area contributed by atoms with Crippen molar-refractivity contribution in [2.24, 2.45) is 0 Å². The smallest absolute Gasteiger partial charge is 0.287 e. The molecule has 2 aromatic rings. The minimum atomic E-state index is -0.517. The third-order valence-corrected chi connectivity index (χ3v) is 3.59. The van der Waals surface area contributed by atoms with Crippen molar-refractivity contribution in [1.82, 2.24) is 9.97 Å². The van der Waals surface area contributed by atoms with Crippen molar-refractivity contribution >= 4 is 39.8 Å². The molecule has 0 bridgehead atoms. The second-order valence-corrected chi connectivity index (χ2v) is 5.18. The van der Waals surface area contributed by atoms with Crippen molar-refractivity contribution in [2.45, 2.75) is 5.03 Å². The maximum absolute atomic E-state index is 11.6. The van der Waals surface area contributed by atoms with E-state index in [1.54, 1.807) is 11.6 Å². The fourth-order valence-electron chi connectivity index (χ4n) is 1.15. The average molecular weight is 296 g/mol. The Kier molecular flexibility index (Phi) is 4.42. The van der Waals surface area contributed by atoms with Crippen LogP contribution < -0.4 is 5.32 Å². The molecule has 0 spiro atoms. The van der Waals surface area contributed by atoms with E-state index < -0.39 is 4.92 Å². The topological polar surface area (TPSA) is 98.0 Å². The Hall–Kier alpha value is -2.00. The van der Waals surface area contributed by atoms with Crippen molar-refractivity contribution in [3.05, 3.63) is 40.0 Å². The van der Waals surface area contributed by atoms with Crippen LogP contribution in [0.2, 0.25) is 0 Å². The molecule has 0 saturated carbocycles. The van der Waals surface area contributed by atoms with Gasteiger partial charge in [0.2, 0.25) is 5.91 Å². The molecule has 1 amide bonds. The summed E-state index contributed by atoms with van der Waals surface area (Å²) in [6.45, 7) is 0. The number of thioether (sulfide) groups is 1. The highest BCUT2D eigenvalue weighted by Crippen LogP contribution is 2.18. The predicted octanol–water partition coefficient (Wildman–Crippen LogP) is 2.18. The highest BCUT2D eigenvalue weighted by atomic mass is 32.2. The number of nitro groups is 1. The summed E-state index contributed by atoms with van der Waals surface area (Å²) < 4.78 is 0. The average Bonchev–Trinajstić information content (AvgIpc) is 2.89. The van der Waals surface area contributed by atoms with Gasteiger partial charge in [0.15, 0.2) is 5.13 Å². The molecule has 1 N–H and O–H groups in total. The maximum Gasteiger partial charge on any atom is 0.287 e. The minimum Gasteiger partial charge on any atom is -0.301 e. The van der Waals surface area contributed by atoms with Crippen LogP contribution in [0.15, 0.2) is 34.9 Å². The number of aromatic nitrogens is 2. The van der Waals surface area contributed by atoms with Gasteiger partial charge in [-0.15, -0.1) is 11.3 Å². The second kappa shape index (κ2) is 6.25. The van der Waals surface area contributed by atoms with E-state index in [1.807, 2.05) is 0 Å². The SMILES string of the molecule is O=C(CSc1ccc([N+](=O)[O-])cn1)Nc1nccs1. The number of hydrogen-bond acceptors (Lipinski definition) is 7. The van der Waals surface area contributed by atoms with E-state index in [1.165, 1.54) is 41.4 Å². The highest BCUT2D eigenvalue weighted by molar-refractivity contribution is 7.99. The molecule has 2 heterocycles. The van der Waals surface area contributed by atoms with Gasteiger partial charge in [0.1, 0.15) is 6.20 Å². The Bertz CT molecular complexity index is 571. The molecule has 19 heavy (non-hydrogen) atoms. The number of anilines is 1. The second-order valence-electron chi connectivity index (χ2n) is 3.29. The van der Waals surface area contributed by atoms with Gasteiger partial charge in [-0.05, 0) is 6.07 Å². The lowest BCUT2D eigenvalue weighted by molar-refractivity contribution is -0.385. The lowest BCUT2D eigenvalue weighted by atomic mass is 10.4. The van der Waals surface area contributed by atoms with E-state index in [2.05, 4.69) is 15.3 Å². The molecule has 0 unspecified atom stereocenters. The van der Waals surface area contributed by atoms with Crippen LogP contribution in [-0.2, 0) is 4.79 Å². The van der Waals surface area contributed by atoms with Crippen LogP contribution in [0.5, 0.6) is 0 Å². The molecule has 0 aliphatic heterocycles. The fourth-order valence-corrected chi connectivity index (χ4v) is 2.33. The number of nitrogens with zero attached hydrogens (tertiary/aromatic N) is 3. The zero-order valence-electron chi connectivity index (χ0n) is 9.48. The van der Waals surface area contributed by atoms with Crippen LogP contribution in [0.4, 0.5) is 10.8 Å². The molecule has 0 saturated heterocycles. The van der Waals surface area contributed by atoms with Gasteiger partial charge in [0.05, 0.1) is 15.7 Å². The van der Waals surface area contributed by atoms with Gasteiger partial charge in [-0.2, -0.15) is 0 Å². The van der Waals surface area contributed by atoms with Gasteiger partial charge < -0.3 is 5.32 Å². The molecule has 0 aliphatic carbocycles. The zero-order valence-corrected chi connectivity index (χ0v) is 11.1. The molecule has 0 atom stereocenters. The number of hydrogen-bond donors (Lipinski definition) is 1. The number of thiazole rings is 1. The summed E-state index contributed by atoms with van der Waals surface area (Å²) in [6, 6.07) is 2.87. The molecule has 98 valence electrons. The minimum absolute atomic E-state index is 0.0726. The summed E-state index contributed by atoms with van der Waals surface area (Å²) in [5.41, 5.74) is -0.0726. The van der Waals surface area contributed by atoms with E-state index in [-0.39, 0.29) is 17.3 Å². The maximum atomic E-state index is 11.6. The van der Waals surface area contributed by atoms with E-state index >= 15 is 0 Å². The number of pyridine rings is 1. The van der Waals surface area contributed by atoms with Crippen LogP contribution in [0, 0.1) is 10.1 Å². The number of amides is 1. The van der Waals surface area contributed by atoms with Crippen molar-refractivity contribution in [3.8, 4) is 0 Å². The van der Waals surface area contributed by atoms with Crippen molar-refractivity contribution < 1.29 is 9.72 Å². The van der Waals surface area contributed by atoms with E-state index in [0.29, 0.717) is 10.2 Å². The molecule has 0 aromatic carbocycles. The summed E-state index contributed by atoms with van der Waals surface area (Å²) in [5, 5.41) is 15.9. The molecule has 7 nitrogen and oxygen atoms in total. The Balaban J connectivity index is 1.84. The van der Waals surface area contributed by atoms with Gasteiger partial charge in [-0.25, -0.2) is 9.97 Å². The van der Waals surface area contributed by atoms with Crippen LogP contribution >= 0.6 is 23.1 Å². The summed E-state index contributed by atoms with van der Waals surface area (Å²) >= 11 is 2.54. The summed E-state index contributed by atoms with van der Waals surface area (Å²) in [4.78, 5) is 29.3. The standard InChI is InChI=1S/C10H8N4O3S2/c15-8(13-10-11-3-4-18-10)6-19-9-2-1-7(5-12-9)14(16)17/h1-5H,6H2,(H,11,13,15). The van der Waals surface area contributed by atoms with Crippen molar-refractivity contribution in [1.29, 1.82) is 0 Å². The molecule has 9 heteroatoms. The largest absolute Gasteiger partial charge is 0.301 e. The predicted molar refractivity (Wildman–Crippen MR) is 72.4 cm³/mol. The Morgan fingerprint density at radius 3 is 2.89 bits per heavy atom. The van der Waals surface area contributed by atoms with Gasteiger partial charge >= 0.3 is 0 Å². The van der Waals surface area contributed by atoms with Crippen LogP contribution in [-0.4, -0.2) is 26.6 Å². The third kappa shape index (κ3) is 4.00. The Labute approximate surface area is 116 Å². The normalized spacial score (nSPS) is 10.1. The van der Waals surface area contributed by atoms with Gasteiger partial charge in [0, 0.05) is 17.6 Å². The first kappa shape index (κ1) is 13.4. The van der Waals surface area contributed by atoms with E-state index in [9.17, 15) is 14.9 Å². The molecule has 0 fully saturated rings. The monoisotopic (exact) mass is 296 g/mol. The Morgan fingerprint density at radius 1 is 1.47 bits per heavy atom. The van der Waals surface area contributed by atoms with Gasteiger partial charge in [-0.3, -0.25) is 14.9 Å². The highest BCUT2D eigenvalue weighted by Gasteiger charge is 2.08. The number of rotatable bonds is 5. The number of carbonyl (C=O) groups excluding carboxylic acids is 1. The third-order valence-electron chi connectivity index (χ3n) is 1.96. The molecule has 0 radical (unpaired) electrons. The fraction of sp³-hybridized carbons (Fsp3) is 0.100. The first-order chi connectivity index (χ1) is 9.15.